The van der Waals surface area contributed by atoms with E-state index in [1.54, 1.807) is 108 Å². The van der Waals surface area contributed by atoms with Crippen LogP contribution >= 0.6 is 7.82 Å². The van der Waals surface area contributed by atoms with Crippen LogP contribution in [0.1, 0.15) is 85.4 Å². The van der Waals surface area contributed by atoms with E-state index in [2.05, 4.69) is 16.0 Å². The molecule has 0 amide bonds. The van der Waals surface area contributed by atoms with E-state index in [-0.39, 0.29) is 53.3 Å². The number of fused-ring (bicyclic) bond motifs is 3. The normalized spacial score (nSPS) is 19.8. The van der Waals surface area contributed by atoms with Gasteiger partial charge in [0.2, 0.25) is 0 Å². The Kier molecular flexibility index (Phi) is 27.5. The molecule has 0 spiro atoms. The van der Waals surface area contributed by atoms with Crippen LogP contribution in [0.2, 0.25) is 0 Å². The van der Waals surface area contributed by atoms with Crippen LogP contribution < -0.4 is 30.2 Å². The van der Waals surface area contributed by atoms with Crippen LogP contribution in [0.3, 0.4) is 0 Å². The Morgan fingerprint density at radius 1 is 0.294 bits per heavy atom. The molecular formula is C111H99F3N15O13P. The van der Waals surface area contributed by atoms with Gasteiger partial charge in [0, 0.05) is 0 Å². The third-order valence-corrected chi connectivity index (χ3v) is 27.9. The van der Waals surface area contributed by atoms with Crippen LogP contribution in [0.5, 0.6) is 17.2 Å². The summed E-state index contributed by atoms with van der Waals surface area (Å²) in [6.07, 6.45) is -11.7. The predicted molar refractivity (Wildman–Crippen MR) is 531 cm³/mol. The number of methoxy groups -OCH3 is 3. The van der Waals surface area contributed by atoms with Crippen molar-refractivity contribution in [1.82, 2.24) is 58.6 Å². The fraction of sp³-hybridized carbons (Fsp3) is 0.216. The summed E-state index contributed by atoms with van der Waals surface area (Å²) in [7, 11) is -0.792. The first kappa shape index (κ1) is 94.0. The van der Waals surface area contributed by atoms with E-state index < -0.39 is 118 Å². The van der Waals surface area contributed by atoms with E-state index in [4.69, 9.17) is 101 Å². The molecule has 3 aliphatic heterocycles. The number of hydrogen-bond acceptors (Lipinski definition) is 25. The van der Waals surface area contributed by atoms with Gasteiger partial charge in [0.1, 0.15) is 89.5 Å². The van der Waals surface area contributed by atoms with E-state index >= 15 is 17.7 Å². The highest BCUT2D eigenvalue weighted by molar-refractivity contribution is 7.48. The molecule has 0 saturated carbocycles. The SMILES string of the molecule is COc1ccc(CO[C@@H]2[C@@H](F)[C@@H](COP(=O)(OC[C@H]3O[C@@H](n4cnc5c(NC(c6ccccc6)(c6ccccc6)c6ccccc6)ncnc54)[C@H](OCc4ccc(OC)cc4)[C@H]3F)OC[C@H]3O[C@@H](n4cnc5c(NC(c6ccccc6)(c6ccccc6)c6ccccc6)ncnc54)[C@H](OCc4ccc(OC)cc4)[C@H]3F)O[C@H]2n2cnc3c(NC(c4ccccc4)(c4ccccc4)c4ccccc4)ncnc32)cc1. The number of nitrogens with zero attached hydrogens (tertiary/aromatic N) is 12. The Labute approximate surface area is 821 Å². The van der Waals surface area contributed by atoms with Crippen molar-refractivity contribution in [2.45, 2.75) is 110 Å². The molecule has 3 aliphatic rings. The lowest BCUT2D eigenvalue weighted by molar-refractivity contribution is -0.0825. The van der Waals surface area contributed by atoms with Crippen molar-refractivity contribution >= 4 is 58.8 Å². The number of ether oxygens (including phenoxy) is 9. The third-order valence-electron chi connectivity index (χ3n) is 26.5. The first-order valence-electron chi connectivity index (χ1n) is 46.8. The fourth-order valence-electron chi connectivity index (χ4n) is 19.3. The number of benzene rings is 12. The molecule has 0 radical (unpaired) electrons. The molecule has 3 saturated heterocycles. The second-order valence-electron chi connectivity index (χ2n) is 34.8. The number of halogens is 3. The minimum Gasteiger partial charge on any atom is -0.497 e. The van der Waals surface area contributed by atoms with Crippen molar-refractivity contribution in [2.75, 3.05) is 57.1 Å². The van der Waals surface area contributed by atoms with Crippen LogP contribution in [0.15, 0.2) is 384 Å². The molecule has 12 aromatic carbocycles. The van der Waals surface area contributed by atoms with E-state index in [1.165, 1.54) is 38.0 Å². The molecule has 0 aliphatic carbocycles. The number of nitrogens with one attached hydrogen (secondary N) is 3. The molecule has 32 heteroatoms. The number of aromatic nitrogens is 12. The zero-order chi connectivity index (χ0) is 97.3. The Balaban J connectivity index is 0.637. The monoisotopic (exact) mass is 1940 g/mol. The highest BCUT2D eigenvalue weighted by atomic mass is 31.2. The van der Waals surface area contributed by atoms with Crippen molar-refractivity contribution < 1.29 is 73.9 Å². The number of imidazole rings is 3. The van der Waals surface area contributed by atoms with E-state index in [9.17, 15) is 0 Å². The van der Waals surface area contributed by atoms with Gasteiger partial charge >= 0.3 is 7.82 Å². The summed E-state index contributed by atoms with van der Waals surface area (Å²) in [5.41, 5.74) is 8.01. The Morgan fingerprint density at radius 3 is 0.706 bits per heavy atom. The lowest BCUT2D eigenvalue weighted by atomic mass is 9.77. The highest BCUT2D eigenvalue weighted by Gasteiger charge is 2.54. The molecule has 3 fully saturated rings. The predicted octanol–water partition coefficient (Wildman–Crippen LogP) is 20.4. The molecule has 21 rings (SSSR count). The van der Waals surface area contributed by atoms with Gasteiger partial charge in [-0.15, -0.1) is 0 Å². The minimum absolute atomic E-state index is 0.154. The number of phosphoric acid groups is 1. The van der Waals surface area contributed by atoms with Gasteiger partial charge in [-0.2, -0.15) is 0 Å². The van der Waals surface area contributed by atoms with E-state index in [0.717, 1.165) is 50.1 Å². The average Bonchev–Trinajstić information content (AvgIpc) is 1.49. The summed E-state index contributed by atoms with van der Waals surface area (Å²) < 4.78 is 154. The minimum atomic E-state index is -5.44. The second kappa shape index (κ2) is 41.9. The van der Waals surface area contributed by atoms with Gasteiger partial charge in [0.05, 0.1) is 80.0 Å². The first-order chi connectivity index (χ1) is 70.3. The molecular weight excluding hydrogens is 1840 g/mol. The largest absolute Gasteiger partial charge is 0.497 e. The molecule has 6 aromatic heterocycles. The van der Waals surface area contributed by atoms with Gasteiger partial charge in [0.15, 0.2) is 88.1 Å². The second-order valence-corrected chi connectivity index (χ2v) is 36.5. The van der Waals surface area contributed by atoms with Gasteiger partial charge in [0.25, 0.3) is 0 Å². The zero-order valence-electron chi connectivity index (χ0n) is 77.8. The van der Waals surface area contributed by atoms with Crippen molar-refractivity contribution in [3.63, 3.8) is 0 Å². The van der Waals surface area contributed by atoms with Gasteiger partial charge in [-0.3, -0.25) is 27.3 Å². The maximum Gasteiger partial charge on any atom is 0.475 e. The van der Waals surface area contributed by atoms with Crippen LogP contribution in [0.25, 0.3) is 33.5 Å². The topological polar surface area (TPSA) is 295 Å². The molecule has 9 heterocycles. The summed E-state index contributed by atoms with van der Waals surface area (Å²) in [4.78, 5) is 43.9. The average molecular weight is 1940 g/mol. The lowest BCUT2D eigenvalue weighted by Gasteiger charge is -2.37. The van der Waals surface area contributed by atoms with Crippen LogP contribution in [-0.2, 0) is 83.0 Å². The highest BCUT2D eigenvalue weighted by Crippen LogP contribution is 2.54. The molecule has 0 bridgehead atoms. The molecule has 0 unspecified atom stereocenters. The molecule has 28 nitrogen and oxygen atoms in total. The van der Waals surface area contributed by atoms with Gasteiger partial charge in [-0.1, -0.05) is 309 Å². The number of rotatable bonds is 39. The third kappa shape index (κ3) is 18.8. The van der Waals surface area contributed by atoms with E-state index in [1.807, 2.05) is 273 Å². The molecule has 18 aromatic rings. The van der Waals surface area contributed by atoms with Gasteiger partial charge < -0.3 is 58.6 Å². The van der Waals surface area contributed by atoms with E-state index in [0.29, 0.717) is 51.4 Å². The summed E-state index contributed by atoms with van der Waals surface area (Å²) >= 11 is 0. The Morgan fingerprint density at radius 2 is 0.503 bits per heavy atom. The standard InChI is InChI=1S/C111H99F3N15O13P/c1-131-85-55-49-73(50-56-85)61-134-97-91(112)88(140-106(97)127-70-121-94-100(115-67-118-103(94)127)124-109(76-31-13-4-14-32-76,77-33-15-5-16-34-77)78-35-17-6-18-36-78)64-137-143(130,138-65-89-92(113)98(135-62-74-51-57-86(132-2)58-52-74)107(141-89)128-71-122-95-101(116-68-119-104(95)128)125-110(79-37-19-7-20-38-79,80-39-21-8-22-40-80)81-41-23-9-24-42-81)139-66-90-93(114)99(136-63-75-53-59-87(133-3)60-54-75)108(142-90)129-72-123-96-102(117-69-120-105(96)129)126-111(82-43-25-10-26-44-82,83-45-27-11-28-46-83)84-47-29-12-30-48-84/h4-60,67-72,88-93,97-99,106-108H,61-66H2,1-3H3,(H,115,118,124)(H,116,119,125)(H,117,120,126)/t88-,89-,90-,91+,92+,93+,97-,98-,99-,106-,107-,108-/m1/s1. The van der Waals surface area contributed by atoms with Crippen LogP contribution in [-0.4, -0.2) is 155 Å². The van der Waals surface area contributed by atoms with Crippen LogP contribution in [0.4, 0.5) is 30.6 Å². The Bertz CT molecular complexity index is 6360. The van der Waals surface area contributed by atoms with Crippen LogP contribution in [0, 0.1) is 0 Å². The quantitative estimate of drug-likeness (QED) is 0.0238. The molecule has 12 atom stereocenters. The summed E-state index contributed by atoms with van der Waals surface area (Å²) in [6, 6.07) is 111. The van der Waals surface area contributed by atoms with Crippen molar-refractivity contribution in [3.8, 4) is 17.2 Å². The molecule has 3 N–H and O–H groups in total. The van der Waals surface area contributed by atoms with Crippen molar-refractivity contribution in [3.05, 3.63) is 451 Å². The lowest BCUT2D eigenvalue weighted by Crippen LogP contribution is -2.38. The maximum absolute atomic E-state index is 18.7. The smallest absolute Gasteiger partial charge is 0.475 e. The number of anilines is 3. The van der Waals surface area contributed by atoms with Crippen molar-refractivity contribution in [2.24, 2.45) is 0 Å². The van der Waals surface area contributed by atoms with Gasteiger partial charge in [-0.05, 0) is 103 Å². The maximum atomic E-state index is 18.7. The van der Waals surface area contributed by atoms with Gasteiger partial charge in [-0.25, -0.2) is 62.6 Å². The fourth-order valence-corrected chi connectivity index (χ4v) is 20.5. The molecule has 143 heavy (non-hydrogen) atoms. The number of alkyl halides is 3. The van der Waals surface area contributed by atoms with Crippen molar-refractivity contribution in [1.29, 1.82) is 0 Å². The zero-order valence-corrected chi connectivity index (χ0v) is 78.7. The Hall–Kier alpha value is -15.3. The number of phosphoric ester groups is 1. The summed E-state index contributed by atoms with van der Waals surface area (Å²) in [6.45, 7) is -3.22. The molecule has 722 valence electrons. The summed E-state index contributed by atoms with van der Waals surface area (Å²) in [5.74, 6) is 2.65. The number of hydrogen-bond donors (Lipinski definition) is 3. The first-order valence-corrected chi connectivity index (χ1v) is 48.3. The summed E-state index contributed by atoms with van der Waals surface area (Å²) in [5, 5.41) is 11.5.